The summed E-state index contributed by atoms with van der Waals surface area (Å²) in [7, 11) is 0. The minimum Gasteiger partial charge on any atom is -0.370 e. The molecular formula is C12H15BrFN3O. The third-order valence-electron chi connectivity index (χ3n) is 2.03. The molecule has 0 fully saturated rings. The largest absolute Gasteiger partial charge is 0.370 e. The fourth-order valence-corrected chi connectivity index (χ4v) is 1.42. The van der Waals surface area contributed by atoms with E-state index < -0.39 is 6.67 Å². The Labute approximate surface area is 114 Å². The van der Waals surface area contributed by atoms with E-state index in [4.69, 9.17) is 10.1 Å². The fourth-order valence-electron chi connectivity index (χ4n) is 1.16. The van der Waals surface area contributed by atoms with E-state index in [0.29, 0.717) is 12.3 Å². The van der Waals surface area contributed by atoms with Gasteiger partial charge in [0, 0.05) is 10.7 Å². The monoisotopic (exact) mass is 315 g/mol. The molecule has 0 aromatic heterocycles. The third kappa shape index (κ3) is 5.88. The minimum atomic E-state index is -0.492. The number of alkyl halides is 1. The molecule has 0 saturated heterocycles. The molecule has 0 unspecified atom stereocenters. The Morgan fingerprint density at radius 1 is 1.44 bits per heavy atom. The summed E-state index contributed by atoms with van der Waals surface area (Å²) in [5.74, 6) is 0. The molecule has 0 amide bonds. The maximum absolute atomic E-state index is 11.8. The molecule has 0 aliphatic heterocycles. The van der Waals surface area contributed by atoms with Crippen molar-refractivity contribution in [1.29, 1.82) is 5.41 Å². The molecule has 1 rings (SSSR count). The predicted octanol–water partition coefficient (Wildman–Crippen LogP) is 2.53. The van der Waals surface area contributed by atoms with Crippen molar-refractivity contribution in [3.8, 4) is 0 Å². The number of nitrogens with one attached hydrogen (secondary N) is 2. The van der Waals surface area contributed by atoms with Gasteiger partial charge in [-0.15, -0.1) is 0 Å². The van der Waals surface area contributed by atoms with Crippen LogP contribution >= 0.6 is 15.9 Å². The van der Waals surface area contributed by atoms with Gasteiger partial charge in [0.1, 0.15) is 12.4 Å². The summed E-state index contributed by atoms with van der Waals surface area (Å²) in [6.45, 7) is 0.320. The molecule has 0 spiro atoms. The Balaban J connectivity index is 2.32. The molecule has 0 aliphatic rings. The maximum atomic E-state index is 11.8. The molecule has 0 saturated carbocycles. The Bertz CT molecular complexity index is 395. The zero-order valence-electron chi connectivity index (χ0n) is 9.83. The number of hydrogen-bond acceptors (Lipinski definition) is 4. The molecule has 98 valence electrons. The molecule has 4 nitrogen and oxygen atoms in total. The number of hydrazone groups is 1. The number of halogens is 2. The summed E-state index contributed by atoms with van der Waals surface area (Å²) in [4.78, 5) is 0. The number of nitrogens with zero attached hydrogens (tertiary/aromatic N) is 1. The second kappa shape index (κ2) is 8.77. The van der Waals surface area contributed by atoms with Crippen LogP contribution in [0.5, 0.6) is 0 Å². The second-order valence-electron chi connectivity index (χ2n) is 3.46. The predicted molar refractivity (Wildman–Crippen MR) is 74.0 cm³/mol. The van der Waals surface area contributed by atoms with Crippen molar-refractivity contribution >= 4 is 27.9 Å². The van der Waals surface area contributed by atoms with Crippen molar-refractivity contribution in [1.82, 2.24) is 5.43 Å². The van der Waals surface area contributed by atoms with Crippen LogP contribution in [0.25, 0.3) is 0 Å². The van der Waals surface area contributed by atoms with Gasteiger partial charge in [0.25, 0.3) is 0 Å². The first-order valence-corrected chi connectivity index (χ1v) is 6.23. The lowest BCUT2D eigenvalue weighted by Crippen LogP contribution is -2.17. The minimum absolute atomic E-state index is 0.143. The quantitative estimate of drug-likeness (QED) is 0.440. The number of ether oxygens (including phenoxy) is 1. The summed E-state index contributed by atoms with van der Waals surface area (Å²) in [5, 5.41) is 11.0. The molecule has 2 N–H and O–H groups in total. The highest BCUT2D eigenvalue weighted by Gasteiger charge is 1.98. The number of benzene rings is 1. The van der Waals surface area contributed by atoms with E-state index in [9.17, 15) is 4.39 Å². The highest BCUT2D eigenvalue weighted by atomic mass is 79.9. The van der Waals surface area contributed by atoms with Gasteiger partial charge in [-0.25, -0.2) is 4.39 Å². The van der Waals surface area contributed by atoms with E-state index >= 15 is 0 Å². The molecular weight excluding hydrogens is 301 g/mol. The maximum Gasteiger partial charge on any atom is 0.108 e. The van der Waals surface area contributed by atoms with Crippen molar-refractivity contribution in [2.45, 2.75) is 6.61 Å². The van der Waals surface area contributed by atoms with Crippen LogP contribution in [-0.4, -0.2) is 31.8 Å². The van der Waals surface area contributed by atoms with Crippen molar-refractivity contribution in [2.24, 2.45) is 5.10 Å². The zero-order chi connectivity index (χ0) is 13.2. The standard InChI is InChI=1S/C12H15BrFN3O/c13-11-3-1-10(2-4-11)8-18-9-12(7-15)17-16-6-5-14/h1-4,7,15-16H,5-6,8-9H2/b15-7?,17-12+. The summed E-state index contributed by atoms with van der Waals surface area (Å²) in [6.07, 6.45) is 1.09. The molecule has 0 atom stereocenters. The van der Waals surface area contributed by atoms with Crippen LogP contribution in [0.4, 0.5) is 4.39 Å². The van der Waals surface area contributed by atoms with Crippen LogP contribution in [0.1, 0.15) is 5.56 Å². The Hall–Kier alpha value is -1.27. The van der Waals surface area contributed by atoms with Gasteiger partial charge < -0.3 is 15.6 Å². The normalized spacial score (nSPS) is 11.3. The first-order valence-electron chi connectivity index (χ1n) is 5.44. The molecule has 0 bridgehead atoms. The van der Waals surface area contributed by atoms with Crippen LogP contribution in [0.3, 0.4) is 0 Å². The van der Waals surface area contributed by atoms with Crippen LogP contribution in [0.15, 0.2) is 33.8 Å². The lowest BCUT2D eigenvalue weighted by molar-refractivity contribution is 0.159. The van der Waals surface area contributed by atoms with E-state index in [2.05, 4.69) is 26.5 Å². The third-order valence-corrected chi connectivity index (χ3v) is 2.56. The molecule has 1 aromatic carbocycles. The molecule has 0 radical (unpaired) electrons. The second-order valence-corrected chi connectivity index (χ2v) is 4.38. The SMILES string of the molecule is N=C/C(COCc1ccc(Br)cc1)=N\NCCF. The van der Waals surface area contributed by atoms with Gasteiger partial charge >= 0.3 is 0 Å². The van der Waals surface area contributed by atoms with Crippen LogP contribution < -0.4 is 5.43 Å². The Morgan fingerprint density at radius 3 is 2.78 bits per heavy atom. The van der Waals surface area contributed by atoms with Gasteiger partial charge in [-0.05, 0) is 17.7 Å². The highest BCUT2D eigenvalue weighted by Crippen LogP contribution is 2.10. The Kier molecular flexibility index (Phi) is 7.20. The lowest BCUT2D eigenvalue weighted by atomic mass is 10.2. The first kappa shape index (κ1) is 14.8. The molecule has 18 heavy (non-hydrogen) atoms. The zero-order valence-corrected chi connectivity index (χ0v) is 11.4. The first-order chi connectivity index (χ1) is 8.76. The van der Waals surface area contributed by atoms with Gasteiger partial charge in [0.15, 0.2) is 0 Å². The molecule has 6 heteroatoms. The van der Waals surface area contributed by atoms with E-state index in [1.165, 1.54) is 0 Å². The smallest absolute Gasteiger partial charge is 0.108 e. The average molecular weight is 316 g/mol. The summed E-state index contributed by atoms with van der Waals surface area (Å²) in [6, 6.07) is 7.78. The van der Waals surface area contributed by atoms with Gasteiger partial charge in [0.2, 0.25) is 0 Å². The van der Waals surface area contributed by atoms with E-state index in [1.807, 2.05) is 24.3 Å². The van der Waals surface area contributed by atoms with Gasteiger partial charge in [-0.1, -0.05) is 28.1 Å². The van der Waals surface area contributed by atoms with Crippen LogP contribution in [-0.2, 0) is 11.3 Å². The van der Waals surface area contributed by atoms with Crippen molar-refractivity contribution in [3.05, 3.63) is 34.3 Å². The number of hydrogen-bond donors (Lipinski definition) is 2. The number of rotatable bonds is 8. The summed E-state index contributed by atoms with van der Waals surface area (Å²) in [5.41, 5.74) is 3.99. The van der Waals surface area contributed by atoms with Crippen molar-refractivity contribution in [2.75, 3.05) is 19.8 Å². The fraction of sp³-hybridized carbons (Fsp3) is 0.333. The van der Waals surface area contributed by atoms with E-state index in [0.717, 1.165) is 16.3 Å². The molecule has 1 aromatic rings. The van der Waals surface area contributed by atoms with Gasteiger partial charge in [-0.2, -0.15) is 5.10 Å². The van der Waals surface area contributed by atoms with Gasteiger partial charge in [-0.3, -0.25) is 0 Å². The summed E-state index contributed by atoms with van der Waals surface area (Å²) >= 11 is 3.35. The highest BCUT2D eigenvalue weighted by molar-refractivity contribution is 9.10. The van der Waals surface area contributed by atoms with Crippen LogP contribution in [0.2, 0.25) is 0 Å². The van der Waals surface area contributed by atoms with E-state index in [-0.39, 0.29) is 13.2 Å². The van der Waals surface area contributed by atoms with E-state index in [1.54, 1.807) is 0 Å². The molecule has 0 aliphatic carbocycles. The topological polar surface area (TPSA) is 57.5 Å². The van der Waals surface area contributed by atoms with Gasteiger partial charge in [0.05, 0.1) is 19.8 Å². The van der Waals surface area contributed by atoms with Crippen molar-refractivity contribution < 1.29 is 9.13 Å². The van der Waals surface area contributed by atoms with Crippen molar-refractivity contribution in [3.63, 3.8) is 0 Å². The lowest BCUT2D eigenvalue weighted by Gasteiger charge is -2.05. The van der Waals surface area contributed by atoms with Crippen LogP contribution in [0, 0.1) is 5.41 Å². The summed E-state index contributed by atoms with van der Waals surface area (Å²) < 4.78 is 18.3. The molecule has 0 heterocycles. The average Bonchev–Trinajstić information content (AvgIpc) is 2.39. The Morgan fingerprint density at radius 2 is 2.17 bits per heavy atom.